The molecule has 0 N–H and O–H groups in total. The highest BCUT2D eigenvalue weighted by Crippen LogP contribution is 2.45. The van der Waals surface area contributed by atoms with Crippen molar-refractivity contribution in [2.24, 2.45) is 4.99 Å². The predicted octanol–water partition coefficient (Wildman–Crippen LogP) is 3.96. The van der Waals surface area contributed by atoms with E-state index in [-0.39, 0.29) is 29.1 Å². The molecular weight excluding hydrogens is 242 g/mol. The number of non-ortho nitro benzene ring substituents is 1. The average Bonchev–Trinajstić information content (AvgIpc) is 2.58. The van der Waals surface area contributed by atoms with Crippen LogP contribution in [-0.2, 0) is 5.92 Å². The summed E-state index contributed by atoms with van der Waals surface area (Å²) >= 11 is 0. The van der Waals surface area contributed by atoms with Gasteiger partial charge in [-0.15, -0.1) is 0 Å². The van der Waals surface area contributed by atoms with E-state index >= 15 is 0 Å². The van der Waals surface area contributed by atoms with Crippen LogP contribution in [-0.4, -0.2) is 10.6 Å². The van der Waals surface area contributed by atoms with Gasteiger partial charge in [0.1, 0.15) is 0 Å². The maximum absolute atomic E-state index is 14.0. The first kappa shape index (κ1) is 12.6. The topological polar surface area (TPSA) is 55.5 Å². The van der Waals surface area contributed by atoms with E-state index in [0.717, 1.165) is 12.5 Å². The number of hydrogen-bond acceptors (Lipinski definition) is 3. The second kappa shape index (κ2) is 4.44. The molecule has 0 aliphatic carbocycles. The van der Waals surface area contributed by atoms with E-state index in [4.69, 9.17) is 0 Å². The number of nitrogens with zero attached hydrogens (tertiary/aromatic N) is 2. The van der Waals surface area contributed by atoms with E-state index in [2.05, 4.69) is 4.99 Å². The normalized spacial score (nSPS) is 16.3. The Kier molecular flexibility index (Phi) is 3.11. The van der Waals surface area contributed by atoms with Gasteiger partial charge in [0.05, 0.1) is 21.9 Å². The lowest BCUT2D eigenvalue weighted by atomic mass is 10.0. The first-order valence-corrected chi connectivity index (χ1v) is 5.71. The Morgan fingerprint density at radius 2 is 2.17 bits per heavy atom. The zero-order valence-corrected chi connectivity index (χ0v) is 9.82. The first-order chi connectivity index (χ1) is 8.46. The van der Waals surface area contributed by atoms with Crippen molar-refractivity contribution in [2.75, 3.05) is 0 Å². The van der Waals surface area contributed by atoms with Gasteiger partial charge in [-0.05, 0) is 18.9 Å². The van der Waals surface area contributed by atoms with Crippen molar-refractivity contribution >= 4 is 17.1 Å². The smallest absolute Gasteiger partial charge is 0.258 e. The summed E-state index contributed by atoms with van der Waals surface area (Å²) in [6.07, 6.45) is 1.64. The predicted molar refractivity (Wildman–Crippen MR) is 63.6 cm³/mol. The van der Waals surface area contributed by atoms with Crippen LogP contribution in [0.2, 0.25) is 0 Å². The summed E-state index contributed by atoms with van der Waals surface area (Å²) in [5.41, 5.74) is -0.750. The second-order valence-electron chi connectivity index (χ2n) is 4.20. The SMILES string of the molecule is CCCCC1=Nc2ccc([N+](=O)[O-])cc2C1(F)F. The number of fused-ring (bicyclic) bond motifs is 1. The summed E-state index contributed by atoms with van der Waals surface area (Å²) in [5.74, 6) is -3.18. The van der Waals surface area contributed by atoms with E-state index in [1.807, 2.05) is 6.92 Å². The molecule has 0 spiro atoms. The number of aliphatic imine (C=N–C) groups is 1. The summed E-state index contributed by atoms with van der Waals surface area (Å²) in [4.78, 5) is 13.8. The third-order valence-corrected chi connectivity index (χ3v) is 2.91. The molecule has 0 radical (unpaired) electrons. The Bertz CT molecular complexity index is 527. The lowest BCUT2D eigenvalue weighted by Crippen LogP contribution is -2.22. The Balaban J connectivity index is 2.38. The molecule has 0 saturated carbocycles. The summed E-state index contributed by atoms with van der Waals surface area (Å²) in [6, 6.07) is 3.39. The molecule has 1 heterocycles. The van der Waals surface area contributed by atoms with Crippen molar-refractivity contribution in [3.8, 4) is 0 Å². The quantitative estimate of drug-likeness (QED) is 0.603. The Morgan fingerprint density at radius 1 is 1.44 bits per heavy atom. The maximum Gasteiger partial charge on any atom is 0.313 e. The number of alkyl halides is 2. The van der Waals surface area contributed by atoms with Crippen molar-refractivity contribution in [3.63, 3.8) is 0 Å². The van der Waals surface area contributed by atoms with Crippen molar-refractivity contribution in [3.05, 3.63) is 33.9 Å². The molecule has 4 nitrogen and oxygen atoms in total. The third kappa shape index (κ3) is 1.98. The molecule has 0 fully saturated rings. The number of unbranched alkanes of at least 4 members (excludes halogenated alkanes) is 1. The minimum Gasteiger partial charge on any atom is -0.258 e. The van der Waals surface area contributed by atoms with Crippen molar-refractivity contribution < 1.29 is 13.7 Å². The average molecular weight is 254 g/mol. The highest BCUT2D eigenvalue weighted by atomic mass is 19.3. The molecule has 96 valence electrons. The third-order valence-electron chi connectivity index (χ3n) is 2.91. The van der Waals surface area contributed by atoms with Gasteiger partial charge < -0.3 is 0 Å². The van der Waals surface area contributed by atoms with Gasteiger partial charge >= 0.3 is 5.92 Å². The summed E-state index contributed by atoms with van der Waals surface area (Å²) in [7, 11) is 0. The summed E-state index contributed by atoms with van der Waals surface area (Å²) in [5, 5.41) is 10.6. The van der Waals surface area contributed by atoms with Crippen LogP contribution in [0.1, 0.15) is 31.7 Å². The molecule has 18 heavy (non-hydrogen) atoms. The summed E-state index contributed by atoms with van der Waals surface area (Å²) < 4.78 is 28.0. The highest BCUT2D eigenvalue weighted by Gasteiger charge is 2.44. The number of hydrogen-bond donors (Lipinski definition) is 0. The van der Waals surface area contributed by atoms with E-state index in [9.17, 15) is 18.9 Å². The van der Waals surface area contributed by atoms with Gasteiger partial charge in [0.25, 0.3) is 5.69 Å². The van der Waals surface area contributed by atoms with Gasteiger partial charge in [-0.1, -0.05) is 13.3 Å². The molecule has 0 bridgehead atoms. The Labute approximate surface area is 102 Å². The molecule has 1 aliphatic heterocycles. The number of rotatable bonds is 4. The molecule has 1 aromatic carbocycles. The molecule has 0 atom stereocenters. The fourth-order valence-electron chi connectivity index (χ4n) is 1.91. The van der Waals surface area contributed by atoms with Gasteiger partial charge in [0.2, 0.25) is 0 Å². The van der Waals surface area contributed by atoms with E-state index in [0.29, 0.717) is 6.42 Å². The van der Waals surface area contributed by atoms with Crippen LogP contribution in [0, 0.1) is 10.1 Å². The van der Waals surface area contributed by atoms with Crippen LogP contribution in [0.15, 0.2) is 23.2 Å². The van der Waals surface area contributed by atoms with Gasteiger partial charge in [-0.25, -0.2) is 0 Å². The lowest BCUT2D eigenvalue weighted by Gasteiger charge is -2.13. The highest BCUT2D eigenvalue weighted by molar-refractivity contribution is 5.99. The number of nitro groups is 1. The number of halogens is 2. The number of nitro benzene ring substituents is 1. The van der Waals surface area contributed by atoms with Gasteiger partial charge in [-0.3, -0.25) is 15.1 Å². The fourth-order valence-corrected chi connectivity index (χ4v) is 1.91. The molecular formula is C12H12F2N2O2. The molecule has 0 saturated heterocycles. The monoisotopic (exact) mass is 254 g/mol. The van der Waals surface area contributed by atoms with Crippen LogP contribution < -0.4 is 0 Å². The maximum atomic E-state index is 14.0. The van der Waals surface area contributed by atoms with Crippen LogP contribution >= 0.6 is 0 Å². The van der Waals surface area contributed by atoms with Crippen molar-refractivity contribution in [1.29, 1.82) is 0 Å². The van der Waals surface area contributed by atoms with Crippen LogP contribution in [0.3, 0.4) is 0 Å². The molecule has 1 aromatic rings. The van der Waals surface area contributed by atoms with Crippen molar-refractivity contribution in [1.82, 2.24) is 0 Å². The zero-order chi connectivity index (χ0) is 13.3. The fraction of sp³-hybridized carbons (Fsp3) is 0.417. The van der Waals surface area contributed by atoms with Crippen molar-refractivity contribution in [2.45, 2.75) is 32.1 Å². The molecule has 1 aliphatic rings. The Hall–Kier alpha value is -1.85. The molecule has 2 rings (SSSR count). The van der Waals surface area contributed by atoms with E-state index in [1.165, 1.54) is 12.1 Å². The molecule has 6 heteroatoms. The van der Waals surface area contributed by atoms with Crippen LogP contribution in [0.4, 0.5) is 20.2 Å². The second-order valence-corrected chi connectivity index (χ2v) is 4.20. The Morgan fingerprint density at radius 3 is 2.78 bits per heavy atom. The standard InChI is InChI=1S/C12H12F2N2O2/c1-2-3-4-11-12(13,14)9-7-8(16(17)18)5-6-10(9)15-11/h5-7H,2-4H2,1H3. The van der Waals surface area contributed by atoms with Gasteiger partial charge in [0, 0.05) is 12.1 Å². The van der Waals surface area contributed by atoms with E-state index < -0.39 is 10.8 Å². The van der Waals surface area contributed by atoms with Gasteiger partial charge in [-0.2, -0.15) is 8.78 Å². The molecule has 0 aromatic heterocycles. The van der Waals surface area contributed by atoms with Crippen LogP contribution in [0.5, 0.6) is 0 Å². The van der Waals surface area contributed by atoms with Gasteiger partial charge in [0.15, 0.2) is 0 Å². The lowest BCUT2D eigenvalue weighted by molar-refractivity contribution is -0.385. The molecule has 0 amide bonds. The van der Waals surface area contributed by atoms with Crippen LogP contribution in [0.25, 0.3) is 0 Å². The minimum atomic E-state index is -3.18. The minimum absolute atomic E-state index is 0.136. The largest absolute Gasteiger partial charge is 0.313 e. The molecule has 0 unspecified atom stereocenters. The summed E-state index contributed by atoms with van der Waals surface area (Å²) in [6.45, 7) is 1.91. The first-order valence-electron chi connectivity index (χ1n) is 5.71. The van der Waals surface area contributed by atoms with E-state index in [1.54, 1.807) is 0 Å². The zero-order valence-electron chi connectivity index (χ0n) is 9.82. The number of benzene rings is 1.